The van der Waals surface area contributed by atoms with Gasteiger partial charge in [0.15, 0.2) is 18.1 Å². The molecule has 0 aromatic carbocycles. The van der Waals surface area contributed by atoms with Gasteiger partial charge in [-0.05, 0) is 69.4 Å². The number of amides is 1. The third-order valence-corrected chi connectivity index (χ3v) is 10.7. The normalized spacial score (nSPS) is 38.2. The molecule has 3 saturated carbocycles. The summed E-state index contributed by atoms with van der Waals surface area (Å²) >= 11 is 0. The van der Waals surface area contributed by atoms with Crippen LogP contribution in [0.2, 0.25) is 0 Å². The van der Waals surface area contributed by atoms with E-state index in [0.717, 1.165) is 0 Å². The first-order chi connectivity index (χ1) is 20.1. The molecular formula is C30H43FN2O10. The molecule has 0 spiro atoms. The van der Waals surface area contributed by atoms with Gasteiger partial charge in [0, 0.05) is 23.2 Å². The Hall–Kier alpha value is -2.55. The zero-order valence-corrected chi connectivity index (χ0v) is 24.9. The van der Waals surface area contributed by atoms with Gasteiger partial charge in [0.1, 0.15) is 12.1 Å². The van der Waals surface area contributed by atoms with Gasteiger partial charge in [-0.3, -0.25) is 34.4 Å². The van der Waals surface area contributed by atoms with E-state index in [1.54, 1.807) is 26.8 Å². The molecule has 0 saturated heterocycles. The summed E-state index contributed by atoms with van der Waals surface area (Å²) in [6.07, 6.45) is 5.46. The highest BCUT2D eigenvalue weighted by Crippen LogP contribution is 2.70. The highest BCUT2D eigenvalue weighted by atomic mass is 19.1. The lowest BCUT2D eigenvalue weighted by Crippen LogP contribution is -2.69. The molecule has 0 aromatic rings. The van der Waals surface area contributed by atoms with E-state index in [1.807, 2.05) is 0 Å². The number of ketones is 2. The van der Waals surface area contributed by atoms with Crippen LogP contribution in [0.4, 0.5) is 4.39 Å². The molecule has 5 N–H and O–H groups in total. The Balaban J connectivity index is 1.35. The Kier molecular flexibility index (Phi) is 9.65. The van der Waals surface area contributed by atoms with Gasteiger partial charge in [-0.15, -0.1) is 0 Å². The molecule has 8 atom stereocenters. The van der Waals surface area contributed by atoms with E-state index in [4.69, 9.17) is 15.2 Å². The SMILES string of the molecule is C[C@@H]1C[C@H]2[C@@H]3CCC4=CC(=O)C=C[C@]4(C)[C@@]3(F)[C@@H](O)C[C@]2(C)[C@@]1(O)C(=O)COC(=O)CNC(=O)CCCCCON(O)O. The number of nitrogens with one attached hydrogen (secondary N) is 1. The second-order valence-electron chi connectivity index (χ2n) is 12.9. The van der Waals surface area contributed by atoms with Crippen molar-refractivity contribution >= 4 is 23.4 Å². The number of esters is 1. The van der Waals surface area contributed by atoms with Crippen LogP contribution >= 0.6 is 0 Å². The van der Waals surface area contributed by atoms with Gasteiger partial charge < -0.3 is 20.3 Å². The average Bonchev–Trinajstić information content (AvgIpc) is 3.14. The topological polar surface area (TPSA) is 183 Å². The average molecular weight is 611 g/mol. The lowest BCUT2D eigenvalue weighted by atomic mass is 9.44. The molecule has 0 unspecified atom stereocenters. The number of allylic oxidation sites excluding steroid dienone is 4. The molecule has 4 aliphatic carbocycles. The number of hydrogen-bond acceptors (Lipinski definition) is 11. The van der Waals surface area contributed by atoms with E-state index in [2.05, 4.69) is 10.2 Å². The maximum Gasteiger partial charge on any atom is 0.325 e. The van der Waals surface area contributed by atoms with Crippen molar-refractivity contribution in [1.82, 2.24) is 10.7 Å². The Morgan fingerprint density at radius 3 is 2.58 bits per heavy atom. The summed E-state index contributed by atoms with van der Waals surface area (Å²) in [5.41, 5.74) is -5.80. The van der Waals surface area contributed by atoms with Gasteiger partial charge in [0.2, 0.25) is 11.7 Å². The van der Waals surface area contributed by atoms with Crippen molar-refractivity contribution in [2.24, 2.45) is 28.6 Å². The standard InChI is InChI=1S/C30H43FN2O10/c1-18-13-22-21-9-8-19-14-20(34)10-11-27(19,2)29(21,31)23(35)15-28(22,3)30(18,39)24(36)17-42-26(38)16-32-25(37)7-5-4-6-12-43-33(40)41/h10-11,14,18,21-23,35,39-41H,4-9,12-13,15-17H2,1-3H3,(H,32,37)/t18-,21+,22+,23+,27+,28+,29+,30+/m1/s1. The van der Waals surface area contributed by atoms with Gasteiger partial charge in [0.05, 0.1) is 18.1 Å². The van der Waals surface area contributed by atoms with Gasteiger partial charge >= 0.3 is 5.97 Å². The Bertz CT molecular complexity index is 1190. The van der Waals surface area contributed by atoms with Crippen molar-refractivity contribution in [2.45, 2.75) is 89.5 Å². The summed E-state index contributed by atoms with van der Waals surface area (Å²) in [6.45, 7) is 3.97. The molecule has 0 aliphatic heterocycles. The van der Waals surface area contributed by atoms with Crippen molar-refractivity contribution in [1.29, 1.82) is 0 Å². The van der Waals surface area contributed by atoms with E-state index in [0.29, 0.717) is 44.1 Å². The minimum atomic E-state index is -2.09. The minimum Gasteiger partial charge on any atom is -0.456 e. The van der Waals surface area contributed by atoms with Crippen molar-refractivity contribution in [2.75, 3.05) is 19.8 Å². The number of carbonyl (C=O) groups is 4. The van der Waals surface area contributed by atoms with Gasteiger partial charge in [0.25, 0.3) is 0 Å². The fourth-order valence-corrected chi connectivity index (χ4v) is 8.42. The van der Waals surface area contributed by atoms with Gasteiger partial charge in [-0.25, -0.2) is 4.39 Å². The fraction of sp³-hybridized carbons (Fsp3) is 0.733. The van der Waals surface area contributed by atoms with E-state index in [9.17, 15) is 29.4 Å². The second-order valence-corrected chi connectivity index (χ2v) is 12.9. The smallest absolute Gasteiger partial charge is 0.325 e. The summed E-state index contributed by atoms with van der Waals surface area (Å²) in [6, 6.07) is 0. The first-order valence-electron chi connectivity index (χ1n) is 14.9. The van der Waals surface area contributed by atoms with Crippen molar-refractivity contribution in [3.8, 4) is 0 Å². The number of carbonyl (C=O) groups excluding carboxylic acids is 4. The van der Waals surface area contributed by atoms with Crippen LogP contribution < -0.4 is 5.32 Å². The number of fused-ring (bicyclic) bond motifs is 5. The quantitative estimate of drug-likeness (QED) is 0.124. The number of nitrogens with zero attached hydrogens (tertiary/aromatic N) is 1. The number of rotatable bonds is 12. The predicted octanol–water partition coefficient (Wildman–Crippen LogP) is 2.14. The maximum absolute atomic E-state index is 17.3. The lowest BCUT2D eigenvalue weighted by Gasteiger charge is -2.62. The zero-order chi connectivity index (χ0) is 31.8. The molecule has 12 nitrogen and oxygen atoms in total. The van der Waals surface area contributed by atoms with E-state index in [1.165, 1.54) is 12.2 Å². The van der Waals surface area contributed by atoms with Crippen LogP contribution in [0.1, 0.15) is 72.1 Å². The largest absolute Gasteiger partial charge is 0.456 e. The van der Waals surface area contributed by atoms with Crippen LogP contribution in [0, 0.1) is 28.6 Å². The highest BCUT2D eigenvalue weighted by molar-refractivity contribution is 6.01. The Labute approximate surface area is 249 Å². The van der Waals surface area contributed by atoms with Crippen LogP contribution in [-0.2, 0) is 28.8 Å². The minimum absolute atomic E-state index is 0.0607. The molecule has 3 fully saturated rings. The van der Waals surface area contributed by atoms with Crippen molar-refractivity contribution in [3.05, 3.63) is 23.8 Å². The van der Waals surface area contributed by atoms with E-state index < -0.39 is 76.8 Å². The number of alkyl halides is 1. The Morgan fingerprint density at radius 2 is 1.88 bits per heavy atom. The first kappa shape index (κ1) is 33.3. The summed E-state index contributed by atoms with van der Waals surface area (Å²) in [7, 11) is 0. The number of unbranched alkanes of at least 4 members (excludes halogenated alkanes) is 2. The molecule has 13 heteroatoms. The zero-order valence-electron chi connectivity index (χ0n) is 24.9. The third-order valence-electron chi connectivity index (χ3n) is 10.7. The predicted molar refractivity (Wildman–Crippen MR) is 147 cm³/mol. The number of ether oxygens (including phenoxy) is 1. The Morgan fingerprint density at radius 1 is 1.16 bits per heavy atom. The molecule has 4 aliphatic rings. The number of hydrogen-bond donors (Lipinski definition) is 5. The summed E-state index contributed by atoms with van der Waals surface area (Å²) < 4.78 is 22.4. The fourth-order valence-electron chi connectivity index (χ4n) is 8.42. The van der Waals surface area contributed by atoms with Crippen LogP contribution in [0.15, 0.2) is 23.8 Å². The molecule has 43 heavy (non-hydrogen) atoms. The molecule has 0 aromatic heterocycles. The number of Topliss-reactive ketones (excluding diaryl/α,β-unsaturated/α-hetero) is 1. The van der Waals surface area contributed by atoms with Crippen LogP contribution in [-0.4, -0.2) is 86.6 Å². The number of aliphatic hydroxyl groups is 2. The third kappa shape index (κ3) is 5.71. The molecule has 0 radical (unpaired) electrons. The number of aliphatic hydroxyl groups excluding tert-OH is 1. The maximum atomic E-state index is 17.3. The monoisotopic (exact) mass is 610 g/mol. The lowest BCUT2D eigenvalue weighted by molar-refractivity contribution is -0.492. The second kappa shape index (κ2) is 12.4. The van der Waals surface area contributed by atoms with E-state index in [-0.39, 0.29) is 30.6 Å². The van der Waals surface area contributed by atoms with E-state index >= 15 is 4.39 Å². The molecule has 4 rings (SSSR count). The van der Waals surface area contributed by atoms with Crippen LogP contribution in [0.25, 0.3) is 0 Å². The molecule has 0 bridgehead atoms. The van der Waals surface area contributed by atoms with Crippen LogP contribution in [0.3, 0.4) is 0 Å². The van der Waals surface area contributed by atoms with Gasteiger partial charge in [-0.2, -0.15) is 0 Å². The molecule has 1 amide bonds. The van der Waals surface area contributed by atoms with Gasteiger partial charge in [-0.1, -0.05) is 31.9 Å². The van der Waals surface area contributed by atoms with Crippen molar-refractivity contribution in [3.63, 3.8) is 0 Å². The summed E-state index contributed by atoms with van der Waals surface area (Å²) in [5.74, 6) is -3.93. The first-order valence-corrected chi connectivity index (χ1v) is 14.9. The number of halogens is 1. The molecular weight excluding hydrogens is 567 g/mol. The van der Waals surface area contributed by atoms with Crippen molar-refractivity contribution < 1.29 is 53.8 Å². The highest BCUT2D eigenvalue weighted by Gasteiger charge is 2.75. The molecule has 240 valence electrons. The summed E-state index contributed by atoms with van der Waals surface area (Å²) in [4.78, 5) is 54.3. The molecule has 0 heterocycles. The van der Waals surface area contributed by atoms with Crippen LogP contribution in [0.5, 0.6) is 0 Å². The summed E-state index contributed by atoms with van der Waals surface area (Å²) in [5, 5.41) is 42.3.